The highest BCUT2D eigenvalue weighted by atomic mass is 16.3. The standard InChI is InChI=1S/C16H23NO/c18-16(15-9-1-2-10-17-15)14-8-4-7-13(11-14)12-5-3-6-12/h4,7-8,11-12,15-18H,1-3,5-6,9-10H2. The molecule has 2 nitrogen and oxygen atoms in total. The lowest BCUT2D eigenvalue weighted by Gasteiger charge is -2.30. The van der Waals surface area contributed by atoms with Gasteiger partial charge in [0.1, 0.15) is 0 Å². The smallest absolute Gasteiger partial charge is 0.0943 e. The van der Waals surface area contributed by atoms with Crippen molar-refractivity contribution >= 4 is 0 Å². The first-order chi connectivity index (χ1) is 8.84. The Balaban J connectivity index is 1.73. The van der Waals surface area contributed by atoms with Gasteiger partial charge in [0.05, 0.1) is 6.10 Å². The van der Waals surface area contributed by atoms with Crippen LogP contribution in [-0.4, -0.2) is 17.7 Å². The van der Waals surface area contributed by atoms with Crippen molar-refractivity contribution in [2.75, 3.05) is 6.54 Å². The van der Waals surface area contributed by atoms with Crippen LogP contribution in [0.5, 0.6) is 0 Å². The summed E-state index contributed by atoms with van der Waals surface area (Å²) in [6, 6.07) is 8.87. The minimum Gasteiger partial charge on any atom is -0.387 e. The summed E-state index contributed by atoms with van der Waals surface area (Å²) < 4.78 is 0. The van der Waals surface area contributed by atoms with Crippen LogP contribution in [0.3, 0.4) is 0 Å². The van der Waals surface area contributed by atoms with Gasteiger partial charge < -0.3 is 10.4 Å². The molecule has 1 heterocycles. The van der Waals surface area contributed by atoms with Gasteiger partial charge in [-0.05, 0) is 49.3 Å². The number of piperidine rings is 1. The summed E-state index contributed by atoms with van der Waals surface area (Å²) in [4.78, 5) is 0. The van der Waals surface area contributed by atoms with E-state index in [4.69, 9.17) is 0 Å². The number of rotatable bonds is 3. The fourth-order valence-corrected chi connectivity index (χ4v) is 3.12. The second-order valence-electron chi connectivity index (χ2n) is 5.80. The molecular weight excluding hydrogens is 222 g/mol. The summed E-state index contributed by atoms with van der Waals surface area (Å²) in [5.41, 5.74) is 2.52. The molecule has 0 spiro atoms. The van der Waals surface area contributed by atoms with E-state index in [1.165, 1.54) is 37.7 Å². The zero-order valence-electron chi connectivity index (χ0n) is 10.9. The lowest BCUT2D eigenvalue weighted by molar-refractivity contribution is 0.113. The number of aliphatic hydroxyl groups is 1. The van der Waals surface area contributed by atoms with Crippen LogP contribution in [-0.2, 0) is 0 Å². The fourth-order valence-electron chi connectivity index (χ4n) is 3.12. The summed E-state index contributed by atoms with van der Waals surface area (Å²) in [7, 11) is 0. The van der Waals surface area contributed by atoms with Crippen LogP contribution in [0.4, 0.5) is 0 Å². The highest BCUT2D eigenvalue weighted by Crippen LogP contribution is 2.37. The van der Waals surface area contributed by atoms with Crippen molar-refractivity contribution < 1.29 is 5.11 Å². The number of hydrogen-bond acceptors (Lipinski definition) is 2. The second-order valence-corrected chi connectivity index (χ2v) is 5.80. The van der Waals surface area contributed by atoms with Gasteiger partial charge in [-0.25, -0.2) is 0 Å². The van der Waals surface area contributed by atoms with Crippen LogP contribution >= 0.6 is 0 Å². The van der Waals surface area contributed by atoms with Crippen LogP contribution in [0, 0.1) is 0 Å². The number of benzene rings is 1. The molecule has 0 amide bonds. The highest BCUT2D eigenvalue weighted by Gasteiger charge is 2.24. The van der Waals surface area contributed by atoms with E-state index >= 15 is 0 Å². The highest BCUT2D eigenvalue weighted by molar-refractivity contribution is 5.29. The van der Waals surface area contributed by atoms with Crippen LogP contribution < -0.4 is 5.32 Å². The monoisotopic (exact) mass is 245 g/mol. The molecule has 0 bridgehead atoms. The molecule has 18 heavy (non-hydrogen) atoms. The molecule has 2 unspecified atom stereocenters. The minimum absolute atomic E-state index is 0.246. The number of aliphatic hydroxyl groups excluding tert-OH is 1. The molecule has 1 aliphatic carbocycles. The van der Waals surface area contributed by atoms with Gasteiger partial charge in [0.15, 0.2) is 0 Å². The van der Waals surface area contributed by atoms with E-state index in [1.807, 2.05) is 0 Å². The third-order valence-electron chi connectivity index (χ3n) is 4.56. The van der Waals surface area contributed by atoms with Crippen molar-refractivity contribution in [3.8, 4) is 0 Å². The van der Waals surface area contributed by atoms with Gasteiger partial charge >= 0.3 is 0 Å². The summed E-state index contributed by atoms with van der Waals surface area (Å²) in [6.07, 6.45) is 7.23. The molecule has 0 radical (unpaired) electrons. The van der Waals surface area contributed by atoms with E-state index in [1.54, 1.807) is 0 Å². The van der Waals surface area contributed by atoms with E-state index < -0.39 is 0 Å². The molecule has 1 saturated carbocycles. The van der Waals surface area contributed by atoms with Gasteiger partial charge in [-0.3, -0.25) is 0 Å². The Morgan fingerprint density at radius 2 is 2.00 bits per heavy atom. The molecule has 1 aromatic rings. The molecular formula is C16H23NO. The maximum absolute atomic E-state index is 10.5. The molecule has 1 aliphatic heterocycles. The fraction of sp³-hybridized carbons (Fsp3) is 0.625. The SMILES string of the molecule is OC(c1cccc(C2CCC2)c1)C1CCCCN1. The zero-order chi connectivity index (χ0) is 12.4. The van der Waals surface area contributed by atoms with Crippen LogP contribution in [0.15, 0.2) is 24.3 Å². The van der Waals surface area contributed by atoms with Crippen molar-refractivity contribution in [2.24, 2.45) is 0 Å². The summed E-state index contributed by atoms with van der Waals surface area (Å²) in [5.74, 6) is 0.747. The third-order valence-corrected chi connectivity index (χ3v) is 4.56. The van der Waals surface area contributed by atoms with Crippen molar-refractivity contribution in [2.45, 2.75) is 56.6 Å². The molecule has 3 rings (SSSR count). The summed E-state index contributed by atoms with van der Waals surface area (Å²) in [6.45, 7) is 1.05. The normalized spacial score (nSPS) is 26.6. The van der Waals surface area contributed by atoms with Gasteiger partial charge in [0, 0.05) is 6.04 Å². The lowest BCUT2D eigenvalue weighted by atomic mass is 9.79. The predicted molar refractivity (Wildman–Crippen MR) is 73.6 cm³/mol. The van der Waals surface area contributed by atoms with E-state index in [0.717, 1.165) is 24.4 Å². The minimum atomic E-state index is -0.342. The Morgan fingerprint density at radius 1 is 1.11 bits per heavy atom. The first-order valence-corrected chi connectivity index (χ1v) is 7.36. The molecule has 2 atom stereocenters. The molecule has 1 aromatic carbocycles. The Bertz CT molecular complexity index is 394. The number of hydrogen-bond donors (Lipinski definition) is 2. The second kappa shape index (κ2) is 5.41. The van der Waals surface area contributed by atoms with Crippen LogP contribution in [0.2, 0.25) is 0 Å². The first-order valence-electron chi connectivity index (χ1n) is 7.36. The van der Waals surface area contributed by atoms with E-state index in [9.17, 15) is 5.11 Å². The Kier molecular flexibility index (Phi) is 3.67. The molecule has 0 aromatic heterocycles. The van der Waals surface area contributed by atoms with Gasteiger partial charge in [0.25, 0.3) is 0 Å². The predicted octanol–water partition coefficient (Wildman–Crippen LogP) is 3.13. The topological polar surface area (TPSA) is 32.3 Å². The molecule has 98 valence electrons. The lowest BCUT2D eigenvalue weighted by Crippen LogP contribution is -2.38. The van der Waals surface area contributed by atoms with Crippen LogP contribution in [0.25, 0.3) is 0 Å². The first kappa shape index (κ1) is 12.2. The van der Waals surface area contributed by atoms with Crippen LogP contribution in [0.1, 0.15) is 61.7 Å². The molecule has 2 aliphatic rings. The average Bonchev–Trinajstić information content (AvgIpc) is 2.37. The average molecular weight is 245 g/mol. The molecule has 1 saturated heterocycles. The Morgan fingerprint density at radius 3 is 2.67 bits per heavy atom. The van der Waals surface area contributed by atoms with E-state index in [0.29, 0.717) is 0 Å². The van der Waals surface area contributed by atoms with Gasteiger partial charge in [0.2, 0.25) is 0 Å². The van der Waals surface area contributed by atoms with Crippen molar-refractivity contribution in [1.82, 2.24) is 5.32 Å². The van der Waals surface area contributed by atoms with Gasteiger partial charge in [-0.1, -0.05) is 37.1 Å². The molecule has 2 fully saturated rings. The quantitative estimate of drug-likeness (QED) is 0.857. The zero-order valence-corrected chi connectivity index (χ0v) is 10.9. The third kappa shape index (κ3) is 2.45. The maximum atomic E-state index is 10.5. The van der Waals surface area contributed by atoms with Crippen molar-refractivity contribution in [1.29, 1.82) is 0 Å². The van der Waals surface area contributed by atoms with E-state index in [-0.39, 0.29) is 12.1 Å². The van der Waals surface area contributed by atoms with Crippen molar-refractivity contribution in [3.05, 3.63) is 35.4 Å². The van der Waals surface area contributed by atoms with Gasteiger partial charge in [-0.2, -0.15) is 0 Å². The molecule has 2 N–H and O–H groups in total. The summed E-state index contributed by atoms with van der Waals surface area (Å²) >= 11 is 0. The largest absolute Gasteiger partial charge is 0.387 e. The van der Waals surface area contributed by atoms with E-state index in [2.05, 4.69) is 29.6 Å². The Hall–Kier alpha value is -0.860. The van der Waals surface area contributed by atoms with Crippen molar-refractivity contribution in [3.63, 3.8) is 0 Å². The molecule has 2 heteroatoms. The van der Waals surface area contributed by atoms with Gasteiger partial charge in [-0.15, -0.1) is 0 Å². The maximum Gasteiger partial charge on any atom is 0.0943 e. The number of nitrogens with one attached hydrogen (secondary N) is 1. The Labute approximate surface area is 109 Å². The summed E-state index contributed by atoms with van der Waals surface area (Å²) in [5, 5.41) is 13.9.